The lowest BCUT2D eigenvalue weighted by atomic mass is 9.92. The summed E-state index contributed by atoms with van der Waals surface area (Å²) in [6.07, 6.45) is -3.47. The van der Waals surface area contributed by atoms with Gasteiger partial charge in [-0.05, 0) is 39.8 Å². The van der Waals surface area contributed by atoms with E-state index in [0.717, 1.165) is 6.33 Å². The second-order valence-corrected chi connectivity index (χ2v) is 11.3. The van der Waals surface area contributed by atoms with Crippen LogP contribution >= 0.6 is 7.67 Å². The summed E-state index contributed by atoms with van der Waals surface area (Å²) in [6, 6.07) is 2.69. The van der Waals surface area contributed by atoms with Crippen LogP contribution < -0.4 is 15.9 Å². The summed E-state index contributed by atoms with van der Waals surface area (Å²) in [4.78, 5) is 28.4. The number of aliphatic hydroxyl groups excluding tert-OH is 2. The highest BCUT2D eigenvalue weighted by Gasteiger charge is 2.76. The van der Waals surface area contributed by atoms with E-state index in [1.165, 1.54) is 30.5 Å². The summed E-state index contributed by atoms with van der Waals surface area (Å²) in [6.45, 7) is 6.15. The van der Waals surface area contributed by atoms with Crippen LogP contribution in [0, 0.1) is 11.3 Å². The smallest absolute Gasteiger partial charge is 0.342 e. The van der Waals surface area contributed by atoms with E-state index in [2.05, 4.69) is 20.3 Å². The van der Waals surface area contributed by atoms with Crippen LogP contribution in [0.2, 0.25) is 0 Å². The molecule has 2 aliphatic rings. The van der Waals surface area contributed by atoms with Crippen LogP contribution in [0.5, 0.6) is 0 Å². The van der Waals surface area contributed by atoms with Crippen molar-refractivity contribution >= 4 is 30.9 Å². The van der Waals surface area contributed by atoms with E-state index in [-0.39, 0.29) is 31.1 Å². The normalized spacial score (nSPS) is 29.2. The number of ether oxygens (including phenoxy) is 3. The number of carbonyl (C=O) groups excluding carboxylic acids is 2. The van der Waals surface area contributed by atoms with Crippen LogP contribution in [0.1, 0.15) is 39.8 Å². The molecule has 1 aliphatic heterocycles. The maximum atomic E-state index is 13.9. The zero-order valence-electron chi connectivity index (χ0n) is 22.3. The molecular weight excluding hydrogens is 549 g/mol. The van der Waals surface area contributed by atoms with E-state index in [0.29, 0.717) is 5.52 Å². The van der Waals surface area contributed by atoms with Gasteiger partial charge in [0, 0.05) is 6.42 Å². The van der Waals surface area contributed by atoms with Gasteiger partial charge in [0.05, 0.1) is 18.9 Å². The lowest BCUT2D eigenvalue weighted by Gasteiger charge is -2.27. The highest BCUT2D eigenvalue weighted by Crippen LogP contribution is 2.61. The van der Waals surface area contributed by atoms with Crippen molar-refractivity contribution < 1.29 is 43.1 Å². The van der Waals surface area contributed by atoms with Crippen LogP contribution in [0.4, 0.5) is 5.82 Å². The van der Waals surface area contributed by atoms with Crippen LogP contribution in [0.3, 0.4) is 0 Å². The van der Waals surface area contributed by atoms with Crippen molar-refractivity contribution in [1.82, 2.24) is 24.8 Å². The number of esters is 2. The fourth-order valence-corrected chi connectivity index (χ4v) is 6.74. The number of nitrogens with one attached hydrogen (secondary N) is 2. The molecule has 1 aliphatic carbocycles. The molecule has 40 heavy (non-hydrogen) atoms. The Hall–Kier alpha value is -3.16. The quantitative estimate of drug-likeness (QED) is 0.166. The van der Waals surface area contributed by atoms with Gasteiger partial charge in [-0.2, -0.15) is 10.4 Å². The number of aromatic nitrogens is 3. The molecule has 1 saturated carbocycles. The van der Waals surface area contributed by atoms with Crippen molar-refractivity contribution in [3.8, 4) is 6.07 Å². The van der Waals surface area contributed by atoms with Gasteiger partial charge in [-0.1, -0.05) is 0 Å². The molecule has 2 fully saturated rings. The first-order valence-corrected chi connectivity index (χ1v) is 14.2. The lowest BCUT2D eigenvalue weighted by Crippen LogP contribution is -2.43. The highest BCUT2D eigenvalue weighted by molar-refractivity contribution is 7.54. The second-order valence-electron chi connectivity index (χ2n) is 9.51. The van der Waals surface area contributed by atoms with Crippen LogP contribution in [-0.4, -0.2) is 86.0 Å². The number of hydrogen-bond acceptors (Lipinski definition) is 13. The van der Waals surface area contributed by atoms with E-state index in [1.54, 1.807) is 13.8 Å². The van der Waals surface area contributed by atoms with Crippen molar-refractivity contribution in [1.29, 1.82) is 5.26 Å². The number of nitrogens with zero attached hydrogens (tertiary/aromatic N) is 4. The van der Waals surface area contributed by atoms with Crippen molar-refractivity contribution in [3.63, 3.8) is 0 Å². The topological polar surface area (TPSA) is 233 Å². The SMILES string of the molecule is CCOC(=O)[C@H](C)NP(=O)(N[C@@H](C)C(=O)OCC)OC1C[C@@]12O[C@@](C#N)(c1ccc3c(N)ncnn13)[C@H](O)[C@@H]2O. The third-order valence-corrected chi connectivity index (χ3v) is 8.77. The predicted octanol–water partition coefficient (Wildman–Crippen LogP) is -0.499. The molecule has 2 aromatic heterocycles. The van der Waals surface area contributed by atoms with Gasteiger partial charge in [0.15, 0.2) is 5.82 Å². The van der Waals surface area contributed by atoms with Gasteiger partial charge in [0.1, 0.15) is 53.9 Å². The van der Waals surface area contributed by atoms with Gasteiger partial charge in [-0.3, -0.25) is 18.7 Å². The fourth-order valence-electron chi connectivity index (χ4n) is 4.70. The summed E-state index contributed by atoms with van der Waals surface area (Å²) < 4.78 is 37.0. The Morgan fingerprint density at radius 1 is 1.23 bits per heavy atom. The molecule has 0 bridgehead atoms. The molecule has 0 radical (unpaired) electrons. The van der Waals surface area contributed by atoms with E-state index in [4.69, 9.17) is 24.5 Å². The molecule has 16 nitrogen and oxygen atoms in total. The molecule has 1 saturated heterocycles. The molecule has 7 atom stereocenters. The molecule has 1 spiro atoms. The van der Waals surface area contributed by atoms with Gasteiger partial charge in [-0.15, -0.1) is 0 Å². The number of carbonyl (C=O) groups is 2. The summed E-state index contributed by atoms with van der Waals surface area (Å²) in [5, 5.41) is 41.5. The molecule has 4 rings (SSSR count). The first kappa shape index (κ1) is 29.8. The van der Waals surface area contributed by atoms with Crippen molar-refractivity contribution in [3.05, 3.63) is 24.2 Å². The Morgan fingerprint density at radius 3 is 2.38 bits per heavy atom. The number of aliphatic hydroxyl groups is 2. The third-order valence-electron chi connectivity index (χ3n) is 6.77. The Morgan fingerprint density at radius 2 is 1.82 bits per heavy atom. The molecule has 218 valence electrons. The Labute approximate surface area is 229 Å². The molecule has 0 aromatic carbocycles. The minimum Gasteiger partial charge on any atom is -0.465 e. The first-order valence-electron chi connectivity index (χ1n) is 12.6. The predicted molar refractivity (Wildman–Crippen MR) is 136 cm³/mol. The number of nitrogens with two attached hydrogens (primary N) is 1. The first-order chi connectivity index (χ1) is 18.9. The van der Waals surface area contributed by atoms with Crippen LogP contribution in [0.15, 0.2) is 18.5 Å². The minimum atomic E-state index is -4.26. The fraction of sp³-hybridized carbons (Fsp3) is 0.609. The number of hydrogen-bond donors (Lipinski definition) is 5. The zero-order chi connectivity index (χ0) is 29.5. The molecule has 0 amide bonds. The largest absolute Gasteiger partial charge is 0.465 e. The maximum Gasteiger partial charge on any atom is 0.342 e. The number of rotatable bonds is 11. The van der Waals surface area contributed by atoms with Crippen molar-refractivity contribution in [2.24, 2.45) is 0 Å². The second kappa shape index (κ2) is 11.0. The van der Waals surface area contributed by atoms with Gasteiger partial charge in [-0.25, -0.2) is 19.7 Å². The molecule has 3 heterocycles. The Kier molecular flexibility index (Phi) is 8.21. The Balaban J connectivity index is 1.62. The van der Waals surface area contributed by atoms with Gasteiger partial charge in [0.25, 0.3) is 0 Å². The van der Waals surface area contributed by atoms with Crippen molar-refractivity contribution in [2.45, 2.75) is 75.7 Å². The summed E-state index contributed by atoms with van der Waals surface area (Å²) in [5.74, 6) is -1.33. The average Bonchev–Trinajstić information content (AvgIpc) is 3.28. The summed E-state index contributed by atoms with van der Waals surface area (Å²) in [7, 11) is -4.26. The highest BCUT2D eigenvalue weighted by atomic mass is 31.2. The van der Waals surface area contributed by atoms with Crippen molar-refractivity contribution in [2.75, 3.05) is 18.9 Å². The lowest BCUT2D eigenvalue weighted by molar-refractivity contribution is -0.145. The van der Waals surface area contributed by atoms with E-state index >= 15 is 0 Å². The molecular formula is C23H32N7O9P. The average molecular weight is 582 g/mol. The van der Waals surface area contributed by atoms with Gasteiger partial charge < -0.3 is 30.2 Å². The van der Waals surface area contributed by atoms with Gasteiger partial charge >= 0.3 is 19.6 Å². The summed E-state index contributed by atoms with van der Waals surface area (Å²) in [5.41, 5.74) is 2.56. The molecule has 17 heteroatoms. The number of anilines is 1. The van der Waals surface area contributed by atoms with E-state index in [9.17, 15) is 29.6 Å². The molecule has 6 N–H and O–H groups in total. The number of nitrogen functional groups attached to an aromatic ring is 1. The Bertz CT molecular complexity index is 1350. The zero-order valence-corrected chi connectivity index (χ0v) is 23.2. The molecule has 2 aromatic rings. The minimum absolute atomic E-state index is 0.0769. The van der Waals surface area contributed by atoms with Crippen LogP contribution in [0.25, 0.3) is 5.52 Å². The monoisotopic (exact) mass is 581 g/mol. The maximum absolute atomic E-state index is 13.9. The molecule has 1 unspecified atom stereocenters. The van der Waals surface area contributed by atoms with E-state index < -0.39 is 61.2 Å². The third kappa shape index (κ3) is 5.06. The van der Waals surface area contributed by atoms with Gasteiger partial charge in [0.2, 0.25) is 5.60 Å². The van der Waals surface area contributed by atoms with E-state index in [1.807, 2.05) is 6.07 Å². The standard InChI is InChI=1S/C23H32N7O9P/c1-5-36-20(33)12(3)28-40(35,29-13(4)21(34)37-6-2)38-16-9-22(16)17(31)18(32)23(10-24,39-22)15-8-7-14-19(25)26-11-27-30(14)15/h7-8,11-13,16-18,31-32H,5-6,9H2,1-4H3,(H2,25,26,27)(H2,28,29,35)/t12-,13-,16?,17-,18+,22+,23-/m0/s1. The van der Waals surface area contributed by atoms with Crippen LogP contribution in [-0.2, 0) is 38.5 Å². The number of nitriles is 1. The summed E-state index contributed by atoms with van der Waals surface area (Å²) >= 11 is 0. The number of fused-ring (bicyclic) bond motifs is 1.